The summed E-state index contributed by atoms with van der Waals surface area (Å²) >= 11 is 0. The molecule has 1 atom stereocenters. The molecule has 0 fully saturated rings. The zero-order valence-electron chi connectivity index (χ0n) is 20.6. The molecule has 0 saturated carbocycles. The van der Waals surface area contributed by atoms with Crippen molar-refractivity contribution in [3.05, 3.63) is 95.6 Å². The molecule has 0 saturated heterocycles. The lowest BCUT2D eigenvalue weighted by Gasteiger charge is -2.29. The zero-order chi connectivity index (χ0) is 28.6. The first-order valence-corrected chi connectivity index (χ1v) is 13.1. The minimum Gasteiger partial charge on any atom is -0.481 e. The molecule has 3 aromatic rings. The van der Waals surface area contributed by atoms with Gasteiger partial charge in [0, 0.05) is 24.1 Å². The lowest BCUT2D eigenvalue weighted by molar-refractivity contribution is -0.140. The second-order valence-electron chi connectivity index (χ2n) is 8.48. The highest BCUT2D eigenvalue weighted by atomic mass is 32.2. The standard InChI is InChI=1S/C28H25F3N2O5S/c1-2-18-38-23-14-12-22(13-15-23)26(34)21-10-8-20(9-11-21)19-33(25(27(32)35)16-17-28(29,30)31)39(36,37)24-6-4-3-5-7-24/h1,3-15,25H,16-19H2,(H2,32,35)/t25-/m1/s1. The van der Waals surface area contributed by atoms with Crippen LogP contribution in [0.15, 0.2) is 83.8 Å². The van der Waals surface area contributed by atoms with Crippen LogP contribution in [0.3, 0.4) is 0 Å². The summed E-state index contributed by atoms with van der Waals surface area (Å²) in [5.74, 6) is 1.30. The van der Waals surface area contributed by atoms with E-state index >= 15 is 0 Å². The van der Waals surface area contributed by atoms with E-state index in [1.807, 2.05) is 0 Å². The number of benzene rings is 3. The molecule has 0 aliphatic carbocycles. The molecule has 1 amide bonds. The van der Waals surface area contributed by atoms with Crippen LogP contribution in [0.25, 0.3) is 0 Å². The molecular weight excluding hydrogens is 533 g/mol. The third-order valence-electron chi connectivity index (χ3n) is 5.72. The number of carbonyl (C=O) groups excluding carboxylic acids is 2. The van der Waals surface area contributed by atoms with Crippen LogP contribution in [0.5, 0.6) is 5.75 Å². The summed E-state index contributed by atoms with van der Waals surface area (Å²) < 4.78 is 71.7. The Morgan fingerprint density at radius 2 is 1.51 bits per heavy atom. The van der Waals surface area contributed by atoms with Crippen molar-refractivity contribution in [3.8, 4) is 18.1 Å². The van der Waals surface area contributed by atoms with Gasteiger partial charge in [0.25, 0.3) is 0 Å². The van der Waals surface area contributed by atoms with E-state index in [4.69, 9.17) is 16.9 Å². The Morgan fingerprint density at radius 1 is 0.949 bits per heavy atom. The number of ether oxygens (including phenoxy) is 1. The minimum absolute atomic E-state index is 0.0819. The van der Waals surface area contributed by atoms with E-state index in [2.05, 4.69) is 5.92 Å². The predicted octanol–water partition coefficient (Wildman–Crippen LogP) is 4.32. The lowest BCUT2D eigenvalue weighted by atomic mass is 10.0. The molecule has 204 valence electrons. The zero-order valence-corrected chi connectivity index (χ0v) is 21.4. The van der Waals surface area contributed by atoms with Crippen LogP contribution in [0.2, 0.25) is 0 Å². The number of rotatable bonds is 12. The van der Waals surface area contributed by atoms with Gasteiger partial charge >= 0.3 is 6.18 Å². The number of primary amides is 1. The fourth-order valence-corrected chi connectivity index (χ4v) is 5.39. The molecule has 3 rings (SSSR count). The summed E-state index contributed by atoms with van der Waals surface area (Å²) in [4.78, 5) is 24.9. The second-order valence-corrected chi connectivity index (χ2v) is 10.4. The third kappa shape index (κ3) is 7.92. The predicted molar refractivity (Wildman–Crippen MR) is 138 cm³/mol. The van der Waals surface area contributed by atoms with E-state index < -0.39 is 47.5 Å². The average Bonchev–Trinajstić information content (AvgIpc) is 2.91. The number of ketones is 1. The molecule has 0 radical (unpaired) electrons. The maximum atomic E-state index is 13.4. The van der Waals surface area contributed by atoms with Crippen molar-refractivity contribution in [1.29, 1.82) is 0 Å². The van der Waals surface area contributed by atoms with Crippen LogP contribution in [0.1, 0.15) is 34.3 Å². The number of nitrogens with zero attached hydrogens (tertiary/aromatic N) is 1. The lowest BCUT2D eigenvalue weighted by Crippen LogP contribution is -2.47. The molecule has 0 aliphatic rings. The highest BCUT2D eigenvalue weighted by Crippen LogP contribution is 2.28. The molecule has 2 N–H and O–H groups in total. The number of hydrogen-bond acceptors (Lipinski definition) is 5. The van der Waals surface area contributed by atoms with E-state index in [1.54, 1.807) is 30.3 Å². The van der Waals surface area contributed by atoms with E-state index in [9.17, 15) is 31.2 Å². The van der Waals surface area contributed by atoms with Crippen LogP contribution < -0.4 is 10.5 Å². The summed E-state index contributed by atoms with van der Waals surface area (Å²) in [6, 6.07) is 17.4. The van der Waals surface area contributed by atoms with Gasteiger partial charge in [-0.25, -0.2) is 8.42 Å². The Hall–Kier alpha value is -4.14. The Morgan fingerprint density at radius 3 is 2.03 bits per heavy atom. The highest BCUT2D eigenvalue weighted by Gasteiger charge is 2.38. The molecule has 0 aromatic heterocycles. The molecule has 0 bridgehead atoms. The number of hydrogen-bond donors (Lipinski definition) is 1. The number of sulfonamides is 1. The molecular formula is C28H25F3N2O5S. The van der Waals surface area contributed by atoms with Crippen LogP contribution >= 0.6 is 0 Å². The van der Waals surface area contributed by atoms with Gasteiger partial charge in [0.15, 0.2) is 5.78 Å². The first-order chi connectivity index (χ1) is 18.4. The fraction of sp³-hybridized carbons (Fsp3) is 0.214. The van der Waals surface area contributed by atoms with Crippen LogP contribution in [0.4, 0.5) is 13.2 Å². The van der Waals surface area contributed by atoms with Crippen molar-refractivity contribution in [2.24, 2.45) is 5.73 Å². The largest absolute Gasteiger partial charge is 0.481 e. The van der Waals surface area contributed by atoms with Crippen LogP contribution in [-0.2, 0) is 21.4 Å². The summed E-state index contributed by atoms with van der Waals surface area (Å²) in [6.07, 6.45) is -1.71. The van der Waals surface area contributed by atoms with E-state index in [-0.39, 0.29) is 22.8 Å². The van der Waals surface area contributed by atoms with E-state index in [1.165, 1.54) is 48.5 Å². The first-order valence-electron chi connectivity index (χ1n) is 11.7. The number of halogens is 3. The van der Waals surface area contributed by atoms with Crippen LogP contribution in [0, 0.1) is 12.3 Å². The maximum Gasteiger partial charge on any atom is 0.389 e. The Labute approximate surface area is 224 Å². The molecule has 39 heavy (non-hydrogen) atoms. The van der Waals surface area contributed by atoms with Crippen molar-refractivity contribution in [1.82, 2.24) is 4.31 Å². The van der Waals surface area contributed by atoms with Crippen molar-refractivity contribution in [3.63, 3.8) is 0 Å². The smallest absolute Gasteiger partial charge is 0.389 e. The highest BCUT2D eigenvalue weighted by molar-refractivity contribution is 7.89. The molecule has 0 heterocycles. The monoisotopic (exact) mass is 558 g/mol. The second kappa shape index (κ2) is 12.6. The number of amides is 1. The average molecular weight is 559 g/mol. The molecule has 0 unspecified atom stereocenters. The van der Waals surface area contributed by atoms with Gasteiger partial charge in [0.05, 0.1) is 4.90 Å². The van der Waals surface area contributed by atoms with Gasteiger partial charge in [-0.3, -0.25) is 9.59 Å². The summed E-state index contributed by atoms with van der Waals surface area (Å²) in [7, 11) is -4.42. The molecule has 11 heteroatoms. The van der Waals surface area contributed by atoms with Gasteiger partial charge in [-0.1, -0.05) is 48.4 Å². The summed E-state index contributed by atoms with van der Waals surface area (Å²) in [6.45, 7) is -0.364. The van der Waals surface area contributed by atoms with Gasteiger partial charge in [0.2, 0.25) is 15.9 Å². The SMILES string of the molecule is C#CCOc1ccc(C(=O)c2ccc(CN([C@H](CCC(F)(F)F)C(N)=O)S(=O)(=O)c3ccccc3)cc2)cc1. The topological polar surface area (TPSA) is 107 Å². The minimum atomic E-state index is -4.62. The number of alkyl halides is 3. The normalized spacial score (nSPS) is 12.5. The molecule has 0 aliphatic heterocycles. The molecule has 3 aromatic carbocycles. The first kappa shape index (κ1) is 29.4. The van der Waals surface area contributed by atoms with Crippen molar-refractivity contribution in [2.75, 3.05) is 6.61 Å². The Balaban J connectivity index is 1.88. The number of carbonyl (C=O) groups is 2. The van der Waals surface area contributed by atoms with Crippen molar-refractivity contribution in [2.45, 2.75) is 36.5 Å². The van der Waals surface area contributed by atoms with Gasteiger partial charge in [0.1, 0.15) is 18.4 Å². The maximum absolute atomic E-state index is 13.4. The van der Waals surface area contributed by atoms with E-state index in [0.717, 1.165) is 0 Å². The van der Waals surface area contributed by atoms with Crippen molar-refractivity contribution >= 4 is 21.7 Å². The molecule has 7 nitrogen and oxygen atoms in total. The van der Waals surface area contributed by atoms with Gasteiger partial charge < -0.3 is 10.5 Å². The van der Waals surface area contributed by atoms with Gasteiger partial charge in [-0.2, -0.15) is 17.5 Å². The summed E-state index contributed by atoms with van der Waals surface area (Å²) in [5, 5.41) is 0. The van der Waals surface area contributed by atoms with Crippen molar-refractivity contribution < 1.29 is 35.9 Å². The third-order valence-corrected chi connectivity index (χ3v) is 7.59. The van der Waals surface area contributed by atoms with Gasteiger partial charge in [-0.15, -0.1) is 6.42 Å². The Kier molecular flexibility index (Phi) is 9.51. The number of terminal acetylenes is 1. The van der Waals surface area contributed by atoms with Gasteiger partial charge in [-0.05, 0) is 48.4 Å². The number of nitrogens with two attached hydrogens (primary N) is 1. The quantitative estimate of drug-likeness (QED) is 0.263. The van der Waals surface area contributed by atoms with Crippen LogP contribution in [-0.4, -0.2) is 43.2 Å². The molecule has 0 spiro atoms. The van der Waals surface area contributed by atoms with E-state index in [0.29, 0.717) is 21.2 Å². The summed E-state index contributed by atoms with van der Waals surface area (Å²) in [5.41, 5.74) is 6.38. The Bertz CT molecular complexity index is 1430. The fourth-order valence-electron chi connectivity index (χ4n) is 3.75.